The van der Waals surface area contributed by atoms with E-state index in [9.17, 15) is 9.59 Å². The summed E-state index contributed by atoms with van der Waals surface area (Å²) >= 11 is 1.33. The maximum absolute atomic E-state index is 13.0. The number of aryl methyl sites for hydroxylation is 1. The summed E-state index contributed by atoms with van der Waals surface area (Å²) < 4.78 is 5.16. The molecule has 0 aliphatic carbocycles. The van der Waals surface area contributed by atoms with Gasteiger partial charge in [0.15, 0.2) is 5.17 Å². The van der Waals surface area contributed by atoms with Gasteiger partial charge in [0.1, 0.15) is 5.25 Å². The largest absolute Gasteiger partial charge is 0.383 e. The van der Waals surface area contributed by atoms with Crippen LogP contribution >= 0.6 is 11.8 Å². The van der Waals surface area contributed by atoms with Crippen LogP contribution in [0.1, 0.15) is 12.0 Å². The minimum absolute atomic E-state index is 0.0760. The van der Waals surface area contributed by atoms with E-state index in [1.165, 1.54) is 11.8 Å². The number of methoxy groups -OCH3 is 1. The molecule has 3 aromatic carbocycles. The number of thioether (sulfide) groups is 1. The number of anilines is 1. The second-order valence-electron chi connectivity index (χ2n) is 7.64. The molecular formula is C25H25N3O3S. The van der Waals surface area contributed by atoms with E-state index in [0.29, 0.717) is 24.0 Å². The van der Waals surface area contributed by atoms with Gasteiger partial charge in [0, 0.05) is 19.2 Å². The number of benzene rings is 3. The second-order valence-corrected chi connectivity index (χ2v) is 8.81. The van der Waals surface area contributed by atoms with Gasteiger partial charge in [0.05, 0.1) is 18.8 Å². The van der Waals surface area contributed by atoms with Gasteiger partial charge in [-0.1, -0.05) is 54.2 Å². The molecule has 0 bridgehead atoms. The maximum atomic E-state index is 13.0. The third-order valence-corrected chi connectivity index (χ3v) is 6.34. The Morgan fingerprint density at radius 1 is 1.09 bits per heavy atom. The Morgan fingerprint density at radius 3 is 2.69 bits per heavy atom. The maximum Gasteiger partial charge on any atom is 0.242 e. The van der Waals surface area contributed by atoms with Crippen molar-refractivity contribution in [1.29, 1.82) is 0 Å². The highest BCUT2D eigenvalue weighted by molar-refractivity contribution is 8.15. The zero-order valence-electron chi connectivity index (χ0n) is 18.1. The predicted molar refractivity (Wildman–Crippen MR) is 130 cm³/mol. The van der Waals surface area contributed by atoms with Gasteiger partial charge >= 0.3 is 0 Å². The van der Waals surface area contributed by atoms with Crippen LogP contribution in [0.25, 0.3) is 10.8 Å². The lowest BCUT2D eigenvalue weighted by Gasteiger charge is -2.15. The molecule has 1 saturated heterocycles. The first kappa shape index (κ1) is 22.0. The number of nitrogens with one attached hydrogen (secondary N) is 1. The number of carbonyl (C=O) groups excluding carboxylic acids is 2. The van der Waals surface area contributed by atoms with E-state index in [-0.39, 0.29) is 18.2 Å². The smallest absolute Gasteiger partial charge is 0.242 e. The minimum Gasteiger partial charge on any atom is -0.383 e. The van der Waals surface area contributed by atoms with Crippen LogP contribution in [0.5, 0.6) is 0 Å². The van der Waals surface area contributed by atoms with Gasteiger partial charge in [0.2, 0.25) is 11.8 Å². The van der Waals surface area contributed by atoms with Crippen molar-refractivity contribution in [2.45, 2.75) is 18.6 Å². The summed E-state index contributed by atoms with van der Waals surface area (Å²) in [6.07, 6.45) is 0.0760. The Balaban J connectivity index is 1.48. The highest BCUT2D eigenvalue weighted by Gasteiger charge is 2.39. The van der Waals surface area contributed by atoms with Crippen LogP contribution in [-0.4, -0.2) is 47.4 Å². The number of hydrogen-bond acceptors (Lipinski definition) is 5. The van der Waals surface area contributed by atoms with Crippen LogP contribution in [0.15, 0.2) is 71.7 Å². The van der Waals surface area contributed by atoms with Gasteiger partial charge in [-0.15, -0.1) is 0 Å². The summed E-state index contributed by atoms with van der Waals surface area (Å²) in [5.41, 5.74) is 2.59. The van der Waals surface area contributed by atoms with E-state index in [2.05, 4.69) is 10.3 Å². The highest BCUT2D eigenvalue weighted by atomic mass is 32.2. The number of amides is 2. The summed E-state index contributed by atoms with van der Waals surface area (Å²) in [4.78, 5) is 32.0. The monoisotopic (exact) mass is 447 g/mol. The van der Waals surface area contributed by atoms with E-state index < -0.39 is 5.25 Å². The molecule has 1 heterocycles. The van der Waals surface area contributed by atoms with E-state index in [0.717, 1.165) is 22.0 Å². The molecular weight excluding hydrogens is 422 g/mol. The van der Waals surface area contributed by atoms with Gasteiger partial charge < -0.3 is 10.1 Å². The molecule has 2 amide bonds. The summed E-state index contributed by atoms with van der Waals surface area (Å²) in [6, 6.07) is 21.6. The summed E-state index contributed by atoms with van der Waals surface area (Å²) in [6.45, 7) is 2.80. The van der Waals surface area contributed by atoms with Crippen molar-refractivity contribution in [1.82, 2.24) is 4.90 Å². The Hall–Kier alpha value is -3.16. The molecule has 4 rings (SSSR count). The number of fused-ring (bicyclic) bond motifs is 1. The quantitative estimate of drug-likeness (QED) is 0.567. The molecule has 7 heteroatoms. The molecule has 6 nitrogen and oxygen atoms in total. The van der Waals surface area contributed by atoms with Crippen molar-refractivity contribution in [3.8, 4) is 0 Å². The first-order valence-electron chi connectivity index (χ1n) is 10.4. The summed E-state index contributed by atoms with van der Waals surface area (Å²) in [5, 5.41) is 5.16. The van der Waals surface area contributed by atoms with Gasteiger partial charge in [0.25, 0.3) is 0 Å². The lowest BCUT2D eigenvalue weighted by atomic mass is 10.1. The van der Waals surface area contributed by atoms with Crippen LogP contribution in [0, 0.1) is 6.92 Å². The molecule has 1 N–H and O–H groups in total. The molecule has 0 radical (unpaired) electrons. The molecule has 0 spiro atoms. The number of carbonyl (C=O) groups is 2. The van der Waals surface area contributed by atoms with Gasteiger partial charge in [-0.3, -0.25) is 14.5 Å². The van der Waals surface area contributed by atoms with Crippen molar-refractivity contribution in [3.05, 3.63) is 72.3 Å². The fourth-order valence-electron chi connectivity index (χ4n) is 3.57. The highest BCUT2D eigenvalue weighted by Crippen LogP contribution is 2.32. The van der Waals surface area contributed by atoms with Gasteiger partial charge in [-0.05, 0) is 47.5 Å². The van der Waals surface area contributed by atoms with Crippen LogP contribution in [0.4, 0.5) is 11.4 Å². The molecule has 1 fully saturated rings. The predicted octanol–water partition coefficient (Wildman–Crippen LogP) is 4.75. The zero-order chi connectivity index (χ0) is 22.5. The Kier molecular flexibility index (Phi) is 6.87. The van der Waals surface area contributed by atoms with E-state index in [1.54, 1.807) is 12.0 Å². The SMILES string of the molecule is COCCN1C(=O)C(CC(=O)Nc2ccc3ccccc3c2)SC1=Nc1cccc(C)c1. The zero-order valence-corrected chi connectivity index (χ0v) is 18.9. The van der Waals surface area contributed by atoms with E-state index in [1.807, 2.05) is 73.7 Å². The normalized spacial score (nSPS) is 17.3. The first-order valence-corrected chi connectivity index (χ1v) is 11.3. The van der Waals surface area contributed by atoms with Gasteiger partial charge in [-0.2, -0.15) is 0 Å². The Bertz CT molecular complexity index is 1180. The summed E-state index contributed by atoms with van der Waals surface area (Å²) in [7, 11) is 1.60. The van der Waals surface area contributed by atoms with Crippen molar-refractivity contribution in [2.24, 2.45) is 4.99 Å². The standard InChI is InChI=1S/C25H25N3O3S/c1-17-6-5-9-20(14-17)27-25-28(12-13-31-2)24(30)22(32-25)16-23(29)26-21-11-10-18-7-3-4-8-19(18)15-21/h3-11,14-15,22H,12-13,16H2,1-2H3,(H,26,29). The number of hydrogen-bond donors (Lipinski definition) is 1. The molecule has 1 aliphatic rings. The molecule has 164 valence electrons. The van der Waals surface area contributed by atoms with Crippen LogP contribution in [0.2, 0.25) is 0 Å². The third-order valence-electron chi connectivity index (χ3n) is 5.17. The lowest BCUT2D eigenvalue weighted by Crippen LogP contribution is -2.35. The minimum atomic E-state index is -0.518. The topological polar surface area (TPSA) is 71.0 Å². The van der Waals surface area contributed by atoms with Crippen LogP contribution < -0.4 is 5.32 Å². The molecule has 32 heavy (non-hydrogen) atoms. The second kappa shape index (κ2) is 9.97. The van der Waals surface area contributed by atoms with E-state index in [4.69, 9.17) is 4.74 Å². The molecule has 1 aliphatic heterocycles. The van der Waals surface area contributed by atoms with Crippen LogP contribution in [0.3, 0.4) is 0 Å². The van der Waals surface area contributed by atoms with Crippen LogP contribution in [-0.2, 0) is 14.3 Å². The molecule has 1 unspecified atom stereocenters. The lowest BCUT2D eigenvalue weighted by molar-refractivity contribution is -0.128. The summed E-state index contributed by atoms with van der Waals surface area (Å²) in [5.74, 6) is -0.318. The first-order chi connectivity index (χ1) is 15.5. The van der Waals surface area contributed by atoms with Crippen molar-refractivity contribution < 1.29 is 14.3 Å². The number of nitrogens with zero attached hydrogens (tertiary/aromatic N) is 2. The fraction of sp³-hybridized carbons (Fsp3) is 0.240. The average molecular weight is 448 g/mol. The molecule has 0 saturated carbocycles. The fourth-order valence-corrected chi connectivity index (χ4v) is 4.75. The Labute approximate surface area is 191 Å². The van der Waals surface area contributed by atoms with Crippen molar-refractivity contribution in [3.63, 3.8) is 0 Å². The van der Waals surface area contributed by atoms with E-state index >= 15 is 0 Å². The third kappa shape index (κ3) is 5.18. The molecule has 1 atom stereocenters. The van der Waals surface area contributed by atoms with Gasteiger partial charge in [-0.25, -0.2) is 4.99 Å². The Morgan fingerprint density at radius 2 is 1.91 bits per heavy atom. The number of aliphatic imine (C=N–C) groups is 1. The number of amidine groups is 1. The van der Waals surface area contributed by atoms with Crippen molar-refractivity contribution >= 4 is 50.9 Å². The van der Waals surface area contributed by atoms with Crippen molar-refractivity contribution in [2.75, 3.05) is 25.6 Å². The number of rotatable bonds is 7. The number of ether oxygens (including phenoxy) is 1. The molecule has 3 aromatic rings. The average Bonchev–Trinajstić information content (AvgIpc) is 3.06. The molecule has 0 aromatic heterocycles.